The second-order valence-electron chi connectivity index (χ2n) is 5.30. The first-order valence-electron chi connectivity index (χ1n) is 6.31. The minimum atomic E-state index is -0.159. The largest absolute Gasteiger partial charge is 0.384 e. The van der Waals surface area contributed by atoms with Crippen LogP contribution >= 0.6 is 0 Å². The van der Waals surface area contributed by atoms with Gasteiger partial charge < -0.3 is 14.4 Å². The van der Waals surface area contributed by atoms with Gasteiger partial charge in [0.15, 0.2) is 0 Å². The van der Waals surface area contributed by atoms with E-state index in [0.29, 0.717) is 5.92 Å². The molecule has 0 radical (unpaired) electrons. The van der Waals surface area contributed by atoms with Gasteiger partial charge >= 0.3 is 0 Å². The van der Waals surface area contributed by atoms with E-state index in [9.17, 15) is 4.79 Å². The Balaban J connectivity index is 2.34. The maximum Gasteiger partial charge on any atom is 0.127 e. The van der Waals surface area contributed by atoms with E-state index in [0.717, 1.165) is 38.9 Å². The van der Waals surface area contributed by atoms with E-state index in [1.54, 1.807) is 7.11 Å². The predicted octanol–water partition coefficient (Wildman–Crippen LogP) is 1.96. The summed E-state index contributed by atoms with van der Waals surface area (Å²) < 4.78 is 5.19. The number of ether oxygens (including phenoxy) is 1. The maximum atomic E-state index is 11.1. The molecule has 1 fully saturated rings. The first-order chi connectivity index (χ1) is 7.63. The molecule has 94 valence electrons. The molecule has 0 saturated carbocycles. The number of aldehydes is 1. The van der Waals surface area contributed by atoms with Crippen molar-refractivity contribution in [2.75, 3.05) is 33.4 Å². The van der Waals surface area contributed by atoms with Crippen LogP contribution in [0, 0.1) is 11.3 Å². The second kappa shape index (κ2) is 6.36. The molecule has 0 aromatic rings. The maximum absolute atomic E-state index is 11.1. The van der Waals surface area contributed by atoms with Crippen LogP contribution in [-0.4, -0.2) is 44.5 Å². The van der Waals surface area contributed by atoms with E-state index in [2.05, 4.69) is 18.7 Å². The summed E-state index contributed by atoms with van der Waals surface area (Å²) in [6.07, 6.45) is 4.45. The molecular weight excluding hydrogens is 202 g/mol. The molecule has 0 aliphatic carbocycles. The zero-order valence-electron chi connectivity index (χ0n) is 10.9. The van der Waals surface area contributed by atoms with Crippen LogP contribution in [0.1, 0.15) is 33.1 Å². The van der Waals surface area contributed by atoms with Gasteiger partial charge in [0.05, 0.1) is 0 Å². The quantitative estimate of drug-likeness (QED) is 0.650. The molecule has 1 aliphatic heterocycles. The summed E-state index contributed by atoms with van der Waals surface area (Å²) in [5.74, 6) is 0.713. The van der Waals surface area contributed by atoms with Crippen molar-refractivity contribution in [3.8, 4) is 0 Å². The fourth-order valence-corrected chi connectivity index (χ4v) is 2.29. The van der Waals surface area contributed by atoms with E-state index in [1.807, 2.05) is 0 Å². The highest BCUT2D eigenvalue weighted by atomic mass is 16.5. The molecule has 1 atom stereocenters. The Bertz CT molecular complexity index is 212. The van der Waals surface area contributed by atoms with Gasteiger partial charge in [-0.1, -0.05) is 13.8 Å². The third-order valence-electron chi connectivity index (χ3n) is 3.79. The smallest absolute Gasteiger partial charge is 0.127 e. The lowest BCUT2D eigenvalue weighted by Gasteiger charge is -2.36. The lowest BCUT2D eigenvalue weighted by atomic mass is 9.87. The number of nitrogens with zero attached hydrogens (tertiary/aromatic N) is 1. The molecule has 16 heavy (non-hydrogen) atoms. The summed E-state index contributed by atoms with van der Waals surface area (Å²) in [6, 6.07) is 0. The van der Waals surface area contributed by atoms with Gasteiger partial charge in [-0.05, 0) is 38.3 Å². The lowest BCUT2D eigenvalue weighted by Crippen LogP contribution is -2.42. The molecule has 1 aliphatic rings. The van der Waals surface area contributed by atoms with Crippen LogP contribution in [0.2, 0.25) is 0 Å². The third kappa shape index (κ3) is 3.87. The van der Waals surface area contributed by atoms with E-state index in [4.69, 9.17) is 4.74 Å². The molecule has 0 amide bonds. The average Bonchev–Trinajstić information content (AvgIpc) is 2.32. The summed E-state index contributed by atoms with van der Waals surface area (Å²) >= 11 is 0. The number of carbonyl (C=O) groups excluding carboxylic acids is 1. The van der Waals surface area contributed by atoms with Crippen LogP contribution in [0.15, 0.2) is 0 Å². The molecule has 0 spiro atoms. The van der Waals surface area contributed by atoms with Crippen molar-refractivity contribution in [3.63, 3.8) is 0 Å². The standard InChI is InChI=1S/C13H25NO2/c1-4-13(2,11-15)10-14-7-5-12(6-8-14)9-16-3/h11-12H,4-10H2,1-3H3. The molecular formula is C13H25NO2. The Morgan fingerprint density at radius 1 is 1.44 bits per heavy atom. The molecule has 0 aromatic carbocycles. The number of piperidine rings is 1. The van der Waals surface area contributed by atoms with E-state index in [1.165, 1.54) is 12.8 Å². The number of carbonyl (C=O) groups is 1. The van der Waals surface area contributed by atoms with Crippen molar-refractivity contribution < 1.29 is 9.53 Å². The molecule has 1 heterocycles. The molecule has 3 nitrogen and oxygen atoms in total. The highest BCUT2D eigenvalue weighted by Gasteiger charge is 2.27. The molecule has 0 N–H and O–H groups in total. The zero-order chi connectivity index (χ0) is 12.0. The van der Waals surface area contributed by atoms with Crippen LogP contribution in [0.5, 0.6) is 0 Å². The monoisotopic (exact) mass is 227 g/mol. The van der Waals surface area contributed by atoms with Crippen LogP contribution in [-0.2, 0) is 9.53 Å². The minimum Gasteiger partial charge on any atom is -0.384 e. The van der Waals surface area contributed by atoms with E-state index < -0.39 is 0 Å². The molecule has 0 aromatic heterocycles. The Labute approximate surface area is 99.1 Å². The topological polar surface area (TPSA) is 29.5 Å². The van der Waals surface area contributed by atoms with Crippen molar-refractivity contribution in [2.45, 2.75) is 33.1 Å². The molecule has 1 rings (SSSR count). The van der Waals surface area contributed by atoms with E-state index in [-0.39, 0.29) is 5.41 Å². The van der Waals surface area contributed by atoms with Crippen molar-refractivity contribution in [1.29, 1.82) is 0 Å². The number of methoxy groups -OCH3 is 1. The van der Waals surface area contributed by atoms with Gasteiger partial charge in [0.2, 0.25) is 0 Å². The lowest BCUT2D eigenvalue weighted by molar-refractivity contribution is -0.116. The van der Waals surface area contributed by atoms with Gasteiger partial charge in [-0.3, -0.25) is 0 Å². The Morgan fingerprint density at radius 2 is 2.06 bits per heavy atom. The fourth-order valence-electron chi connectivity index (χ4n) is 2.29. The Kier molecular flexibility index (Phi) is 5.42. The number of hydrogen-bond donors (Lipinski definition) is 0. The molecule has 0 bridgehead atoms. The number of hydrogen-bond acceptors (Lipinski definition) is 3. The Morgan fingerprint density at radius 3 is 2.50 bits per heavy atom. The average molecular weight is 227 g/mol. The van der Waals surface area contributed by atoms with Crippen molar-refractivity contribution in [3.05, 3.63) is 0 Å². The summed E-state index contributed by atoms with van der Waals surface area (Å²) in [5.41, 5.74) is -0.159. The summed E-state index contributed by atoms with van der Waals surface area (Å²) in [6.45, 7) is 8.15. The normalized spacial score (nSPS) is 22.9. The SMILES string of the molecule is CCC(C)(C=O)CN1CCC(COC)CC1. The second-order valence-corrected chi connectivity index (χ2v) is 5.30. The number of likely N-dealkylation sites (tertiary alicyclic amines) is 1. The van der Waals surface area contributed by atoms with Gasteiger partial charge in [0.25, 0.3) is 0 Å². The van der Waals surface area contributed by atoms with Crippen LogP contribution in [0.25, 0.3) is 0 Å². The van der Waals surface area contributed by atoms with Gasteiger partial charge in [0.1, 0.15) is 6.29 Å². The fraction of sp³-hybridized carbons (Fsp3) is 0.923. The first kappa shape index (κ1) is 13.7. The highest BCUT2D eigenvalue weighted by molar-refractivity contribution is 5.58. The number of rotatable bonds is 6. The van der Waals surface area contributed by atoms with Gasteiger partial charge in [-0.15, -0.1) is 0 Å². The van der Waals surface area contributed by atoms with Gasteiger partial charge in [-0.25, -0.2) is 0 Å². The van der Waals surface area contributed by atoms with Crippen molar-refractivity contribution >= 4 is 6.29 Å². The highest BCUT2D eigenvalue weighted by Crippen LogP contribution is 2.24. The summed E-state index contributed by atoms with van der Waals surface area (Å²) in [5, 5.41) is 0. The predicted molar refractivity (Wildman–Crippen MR) is 65.5 cm³/mol. The molecule has 1 saturated heterocycles. The molecule has 1 unspecified atom stereocenters. The van der Waals surface area contributed by atoms with Gasteiger partial charge in [0, 0.05) is 25.7 Å². The van der Waals surface area contributed by atoms with Crippen LogP contribution in [0.3, 0.4) is 0 Å². The zero-order valence-corrected chi connectivity index (χ0v) is 10.9. The van der Waals surface area contributed by atoms with Crippen LogP contribution in [0.4, 0.5) is 0 Å². The summed E-state index contributed by atoms with van der Waals surface area (Å²) in [4.78, 5) is 13.5. The first-order valence-corrected chi connectivity index (χ1v) is 6.31. The Hall–Kier alpha value is -0.410. The van der Waals surface area contributed by atoms with E-state index >= 15 is 0 Å². The van der Waals surface area contributed by atoms with Crippen molar-refractivity contribution in [2.24, 2.45) is 11.3 Å². The third-order valence-corrected chi connectivity index (χ3v) is 3.79. The minimum absolute atomic E-state index is 0.159. The van der Waals surface area contributed by atoms with Gasteiger partial charge in [-0.2, -0.15) is 0 Å². The molecule has 3 heteroatoms. The van der Waals surface area contributed by atoms with Crippen molar-refractivity contribution in [1.82, 2.24) is 4.90 Å². The van der Waals surface area contributed by atoms with Crippen LogP contribution < -0.4 is 0 Å². The summed E-state index contributed by atoms with van der Waals surface area (Å²) in [7, 11) is 1.77.